The summed E-state index contributed by atoms with van der Waals surface area (Å²) in [5.74, 6) is 0.352. The number of hydrogen-bond acceptors (Lipinski definition) is 2. The van der Waals surface area contributed by atoms with E-state index in [1.165, 1.54) is 5.56 Å². The third kappa shape index (κ3) is 5.28. The molecule has 0 spiro atoms. The summed E-state index contributed by atoms with van der Waals surface area (Å²) in [4.78, 5) is 23.7. The number of benzene rings is 2. The Balaban J connectivity index is 1.95. The summed E-state index contributed by atoms with van der Waals surface area (Å²) in [5, 5.41) is 0. The van der Waals surface area contributed by atoms with Crippen LogP contribution in [0.5, 0.6) is 0 Å². The minimum atomic E-state index is 0.00183. The molecule has 0 amide bonds. The summed E-state index contributed by atoms with van der Waals surface area (Å²) < 4.78 is 0. The van der Waals surface area contributed by atoms with Crippen LogP contribution in [0.15, 0.2) is 60.7 Å². The lowest BCUT2D eigenvalue weighted by Gasteiger charge is -2.15. The smallest absolute Gasteiger partial charge is 0.133 e. The molecule has 22 heavy (non-hydrogen) atoms. The zero-order valence-corrected chi connectivity index (χ0v) is 13.0. The van der Waals surface area contributed by atoms with Crippen molar-refractivity contribution in [3.8, 4) is 0 Å². The second kappa shape index (κ2) is 8.28. The lowest BCUT2D eigenvalue weighted by molar-refractivity contribution is -0.120. The minimum absolute atomic E-state index is 0.00183. The highest BCUT2D eigenvalue weighted by atomic mass is 16.1. The molecular formula is C20H22O2. The molecule has 0 radical (unpaired) electrons. The Morgan fingerprint density at radius 1 is 0.864 bits per heavy atom. The molecule has 0 saturated heterocycles. The molecule has 1 unspecified atom stereocenters. The van der Waals surface area contributed by atoms with Crippen LogP contribution in [0.3, 0.4) is 0 Å². The molecule has 0 saturated carbocycles. The van der Waals surface area contributed by atoms with Gasteiger partial charge in [0.05, 0.1) is 0 Å². The summed E-state index contributed by atoms with van der Waals surface area (Å²) in [6.07, 6.45) is 2.17. The number of carbonyl (C=O) groups is 2. The van der Waals surface area contributed by atoms with E-state index < -0.39 is 0 Å². The van der Waals surface area contributed by atoms with Gasteiger partial charge < -0.3 is 4.79 Å². The van der Waals surface area contributed by atoms with Gasteiger partial charge in [-0.2, -0.15) is 0 Å². The first-order valence-electron chi connectivity index (χ1n) is 7.75. The molecule has 0 aliphatic carbocycles. The normalized spacial score (nSPS) is 11.9. The molecule has 0 N–H and O–H groups in total. The fourth-order valence-electron chi connectivity index (χ4n) is 2.69. The van der Waals surface area contributed by atoms with Gasteiger partial charge >= 0.3 is 0 Å². The van der Waals surface area contributed by atoms with Crippen LogP contribution in [0.4, 0.5) is 0 Å². The van der Waals surface area contributed by atoms with Gasteiger partial charge in [-0.25, -0.2) is 0 Å². The maximum Gasteiger partial charge on any atom is 0.133 e. The Hall–Kier alpha value is -2.22. The van der Waals surface area contributed by atoms with Crippen LogP contribution in [0.1, 0.15) is 43.2 Å². The number of rotatable bonds is 8. The summed E-state index contributed by atoms with van der Waals surface area (Å²) in [6.45, 7) is 1.59. The van der Waals surface area contributed by atoms with E-state index in [2.05, 4.69) is 0 Å². The van der Waals surface area contributed by atoms with Gasteiger partial charge in [0.25, 0.3) is 0 Å². The summed E-state index contributed by atoms with van der Waals surface area (Å²) >= 11 is 0. The lowest BCUT2D eigenvalue weighted by Crippen LogP contribution is -2.11. The largest absolute Gasteiger partial charge is 0.300 e. The van der Waals surface area contributed by atoms with Crippen molar-refractivity contribution in [2.75, 3.05) is 0 Å². The maximum absolute atomic E-state index is 12.3. The molecule has 0 bridgehead atoms. The second-order valence-corrected chi connectivity index (χ2v) is 5.74. The van der Waals surface area contributed by atoms with Gasteiger partial charge in [-0.1, -0.05) is 60.7 Å². The van der Waals surface area contributed by atoms with Crippen LogP contribution in [-0.2, 0) is 16.0 Å². The molecule has 2 aromatic carbocycles. The highest BCUT2D eigenvalue weighted by Gasteiger charge is 2.17. The number of hydrogen-bond donors (Lipinski definition) is 0. The molecular weight excluding hydrogens is 272 g/mol. The molecule has 2 nitrogen and oxygen atoms in total. The molecule has 2 heteroatoms. The van der Waals surface area contributed by atoms with E-state index in [1.54, 1.807) is 6.92 Å². The van der Waals surface area contributed by atoms with Gasteiger partial charge in [-0.05, 0) is 30.4 Å². The zero-order chi connectivity index (χ0) is 15.8. The quantitative estimate of drug-likeness (QED) is 0.725. The van der Waals surface area contributed by atoms with Crippen molar-refractivity contribution < 1.29 is 9.59 Å². The summed E-state index contributed by atoms with van der Waals surface area (Å²) in [5.41, 5.74) is 2.25. The maximum atomic E-state index is 12.3. The zero-order valence-electron chi connectivity index (χ0n) is 13.0. The first-order valence-corrected chi connectivity index (χ1v) is 7.75. The Morgan fingerprint density at radius 2 is 1.45 bits per heavy atom. The Labute approximate surface area is 132 Å². The summed E-state index contributed by atoms with van der Waals surface area (Å²) in [6, 6.07) is 19.9. The van der Waals surface area contributed by atoms with E-state index in [9.17, 15) is 9.59 Å². The van der Waals surface area contributed by atoms with Gasteiger partial charge in [0.15, 0.2) is 0 Å². The first-order chi connectivity index (χ1) is 10.6. The van der Waals surface area contributed by atoms with Crippen molar-refractivity contribution >= 4 is 11.6 Å². The molecule has 114 valence electrons. The van der Waals surface area contributed by atoms with Crippen LogP contribution in [-0.4, -0.2) is 11.6 Å². The monoisotopic (exact) mass is 294 g/mol. The topological polar surface area (TPSA) is 34.1 Å². The van der Waals surface area contributed by atoms with Gasteiger partial charge in [-0.3, -0.25) is 4.79 Å². The van der Waals surface area contributed by atoms with Crippen LogP contribution in [0, 0.1) is 0 Å². The third-order valence-electron chi connectivity index (χ3n) is 3.81. The van der Waals surface area contributed by atoms with Crippen LogP contribution in [0.2, 0.25) is 0 Å². The Kier molecular flexibility index (Phi) is 6.08. The predicted octanol–water partition coefficient (Wildman–Crippen LogP) is 4.34. The van der Waals surface area contributed by atoms with E-state index in [0.717, 1.165) is 12.0 Å². The van der Waals surface area contributed by atoms with Crippen LogP contribution < -0.4 is 0 Å². The molecule has 2 aromatic rings. The highest BCUT2D eigenvalue weighted by Crippen LogP contribution is 2.24. The SMILES string of the molecule is CC(=O)CC(CC(=O)CCc1ccccc1)c1ccccc1. The average molecular weight is 294 g/mol. The van der Waals surface area contributed by atoms with E-state index in [0.29, 0.717) is 19.3 Å². The fraction of sp³-hybridized carbons (Fsp3) is 0.300. The van der Waals surface area contributed by atoms with Crippen molar-refractivity contribution in [3.63, 3.8) is 0 Å². The van der Waals surface area contributed by atoms with E-state index in [-0.39, 0.29) is 17.5 Å². The van der Waals surface area contributed by atoms with Crippen LogP contribution in [0.25, 0.3) is 0 Å². The molecule has 0 aliphatic heterocycles. The molecule has 2 rings (SSSR count). The highest BCUT2D eigenvalue weighted by molar-refractivity contribution is 5.82. The van der Waals surface area contributed by atoms with Gasteiger partial charge in [0, 0.05) is 19.3 Å². The van der Waals surface area contributed by atoms with E-state index in [4.69, 9.17) is 0 Å². The Bertz CT molecular complexity index is 602. The van der Waals surface area contributed by atoms with E-state index in [1.807, 2.05) is 60.7 Å². The van der Waals surface area contributed by atoms with Crippen LogP contribution >= 0.6 is 0 Å². The Morgan fingerprint density at radius 3 is 2.05 bits per heavy atom. The third-order valence-corrected chi connectivity index (χ3v) is 3.81. The molecule has 1 atom stereocenters. The lowest BCUT2D eigenvalue weighted by atomic mass is 9.88. The van der Waals surface area contributed by atoms with Crippen molar-refractivity contribution in [1.29, 1.82) is 0 Å². The fourth-order valence-corrected chi connectivity index (χ4v) is 2.69. The number of Topliss-reactive ketones (excluding diaryl/α,β-unsaturated/α-hetero) is 2. The van der Waals surface area contributed by atoms with E-state index >= 15 is 0 Å². The number of carbonyl (C=O) groups excluding carboxylic acids is 2. The van der Waals surface area contributed by atoms with Crippen molar-refractivity contribution in [3.05, 3.63) is 71.8 Å². The molecule has 0 aliphatic rings. The molecule has 0 fully saturated rings. The second-order valence-electron chi connectivity index (χ2n) is 5.74. The van der Waals surface area contributed by atoms with Gasteiger partial charge in [-0.15, -0.1) is 0 Å². The first kappa shape index (κ1) is 16.2. The molecule has 0 heterocycles. The summed E-state index contributed by atoms with van der Waals surface area (Å²) in [7, 11) is 0. The standard InChI is InChI=1S/C20H22O2/c1-16(21)14-19(18-10-6-3-7-11-18)15-20(22)13-12-17-8-4-2-5-9-17/h2-11,19H,12-15H2,1H3. The predicted molar refractivity (Wildman–Crippen MR) is 88.9 cm³/mol. The number of aryl methyl sites for hydroxylation is 1. The van der Waals surface area contributed by atoms with Crippen molar-refractivity contribution in [2.45, 2.75) is 38.5 Å². The molecule has 0 aromatic heterocycles. The average Bonchev–Trinajstić information content (AvgIpc) is 2.54. The van der Waals surface area contributed by atoms with Gasteiger partial charge in [0.1, 0.15) is 11.6 Å². The van der Waals surface area contributed by atoms with Crippen molar-refractivity contribution in [1.82, 2.24) is 0 Å². The van der Waals surface area contributed by atoms with Gasteiger partial charge in [0.2, 0.25) is 0 Å². The number of ketones is 2. The van der Waals surface area contributed by atoms with Crippen molar-refractivity contribution in [2.24, 2.45) is 0 Å². The minimum Gasteiger partial charge on any atom is -0.300 e.